The molecule has 1 aromatic heterocycles. The van der Waals surface area contributed by atoms with Gasteiger partial charge >= 0.3 is 5.63 Å². The van der Waals surface area contributed by atoms with Gasteiger partial charge in [0.15, 0.2) is 0 Å². The summed E-state index contributed by atoms with van der Waals surface area (Å²) >= 11 is 0. The van der Waals surface area contributed by atoms with Crippen molar-refractivity contribution in [3.8, 4) is 5.75 Å². The van der Waals surface area contributed by atoms with Gasteiger partial charge in [0.2, 0.25) is 0 Å². The smallest absolute Gasteiger partial charge is 0.360 e. The monoisotopic (exact) mass is 302 g/mol. The number of likely N-dealkylation sites (N-methyl/N-ethyl adjacent to an activating group) is 1. The molecule has 0 spiro atoms. The predicted octanol–water partition coefficient (Wildman–Crippen LogP) is 2.25. The Bertz CT molecular complexity index is 730. The second kappa shape index (κ2) is 6.01. The van der Waals surface area contributed by atoms with Crippen molar-refractivity contribution < 1.29 is 9.15 Å². The molecule has 118 valence electrons. The van der Waals surface area contributed by atoms with Crippen LogP contribution in [0.2, 0.25) is 0 Å². The van der Waals surface area contributed by atoms with E-state index in [9.17, 15) is 4.79 Å². The molecule has 3 rings (SSSR count). The molecule has 2 heterocycles. The Kier molecular flexibility index (Phi) is 4.07. The minimum atomic E-state index is -0.261. The molecule has 0 unspecified atom stereocenters. The van der Waals surface area contributed by atoms with E-state index in [4.69, 9.17) is 9.15 Å². The van der Waals surface area contributed by atoms with Crippen molar-refractivity contribution in [1.82, 2.24) is 4.90 Å². The summed E-state index contributed by atoms with van der Waals surface area (Å²) in [5, 5.41) is 0.969. The van der Waals surface area contributed by atoms with Gasteiger partial charge in [0.05, 0.1) is 6.61 Å². The summed E-state index contributed by atoms with van der Waals surface area (Å²) < 4.78 is 11.0. The first kappa shape index (κ1) is 14.9. The van der Waals surface area contributed by atoms with Crippen LogP contribution < -0.4 is 15.3 Å². The van der Waals surface area contributed by atoms with E-state index < -0.39 is 0 Å². The zero-order valence-electron chi connectivity index (χ0n) is 13.4. The van der Waals surface area contributed by atoms with Gasteiger partial charge in [-0.2, -0.15) is 0 Å². The topological polar surface area (TPSA) is 45.9 Å². The third-order valence-corrected chi connectivity index (χ3v) is 4.24. The summed E-state index contributed by atoms with van der Waals surface area (Å²) in [6.07, 6.45) is 0. The van der Waals surface area contributed by atoms with Crippen LogP contribution in [0, 0.1) is 6.92 Å². The molecule has 1 aromatic carbocycles. The predicted molar refractivity (Wildman–Crippen MR) is 88.1 cm³/mol. The van der Waals surface area contributed by atoms with Gasteiger partial charge < -0.3 is 19.0 Å². The highest BCUT2D eigenvalue weighted by Crippen LogP contribution is 2.28. The third kappa shape index (κ3) is 2.68. The second-order valence-electron chi connectivity index (χ2n) is 5.74. The van der Waals surface area contributed by atoms with Crippen LogP contribution in [0.3, 0.4) is 0 Å². The van der Waals surface area contributed by atoms with Crippen molar-refractivity contribution in [2.45, 2.75) is 13.8 Å². The van der Waals surface area contributed by atoms with Crippen molar-refractivity contribution in [2.24, 2.45) is 0 Å². The van der Waals surface area contributed by atoms with Gasteiger partial charge in [-0.25, -0.2) is 4.79 Å². The molecule has 0 radical (unpaired) electrons. The number of aryl methyl sites for hydroxylation is 1. The van der Waals surface area contributed by atoms with Crippen molar-refractivity contribution in [1.29, 1.82) is 0 Å². The minimum absolute atomic E-state index is 0.261. The lowest BCUT2D eigenvalue weighted by Crippen LogP contribution is -2.46. The lowest BCUT2D eigenvalue weighted by Gasteiger charge is -2.34. The van der Waals surface area contributed by atoms with Gasteiger partial charge in [-0.05, 0) is 38.6 Å². The first-order valence-corrected chi connectivity index (χ1v) is 7.74. The van der Waals surface area contributed by atoms with E-state index in [1.165, 1.54) is 0 Å². The average Bonchev–Trinajstić information content (AvgIpc) is 2.49. The Morgan fingerprint density at radius 2 is 1.95 bits per heavy atom. The van der Waals surface area contributed by atoms with Crippen LogP contribution in [0.1, 0.15) is 12.5 Å². The Hall–Kier alpha value is -2.01. The lowest BCUT2D eigenvalue weighted by atomic mass is 10.1. The number of piperazine rings is 1. The zero-order valence-corrected chi connectivity index (χ0v) is 13.4. The standard InChI is InChI=1S/C17H22N2O3/c1-4-21-13-5-6-14-12(2)16(17(20)22-15(14)11-13)19-9-7-18(3)8-10-19/h5-6,11H,4,7-10H2,1-3H3. The minimum Gasteiger partial charge on any atom is -0.494 e. The zero-order chi connectivity index (χ0) is 15.7. The highest BCUT2D eigenvalue weighted by molar-refractivity contribution is 5.85. The average molecular weight is 302 g/mol. The first-order chi connectivity index (χ1) is 10.6. The number of hydrogen-bond acceptors (Lipinski definition) is 5. The van der Waals surface area contributed by atoms with Crippen LogP contribution in [0.25, 0.3) is 11.0 Å². The maximum Gasteiger partial charge on any atom is 0.360 e. The molecular formula is C17H22N2O3. The quantitative estimate of drug-likeness (QED) is 0.814. The molecule has 0 aliphatic carbocycles. The summed E-state index contributed by atoms with van der Waals surface area (Å²) in [6.45, 7) is 8.14. The van der Waals surface area contributed by atoms with E-state index in [1.54, 1.807) is 6.07 Å². The number of rotatable bonds is 3. The van der Waals surface area contributed by atoms with Gasteiger partial charge in [0.25, 0.3) is 0 Å². The van der Waals surface area contributed by atoms with E-state index in [-0.39, 0.29) is 5.63 Å². The van der Waals surface area contributed by atoms with Crippen molar-refractivity contribution in [3.05, 3.63) is 34.2 Å². The SMILES string of the molecule is CCOc1ccc2c(C)c(N3CCN(C)CC3)c(=O)oc2c1. The maximum atomic E-state index is 12.4. The highest BCUT2D eigenvalue weighted by atomic mass is 16.5. The van der Waals surface area contributed by atoms with Gasteiger partial charge in [0.1, 0.15) is 17.0 Å². The Morgan fingerprint density at radius 3 is 2.64 bits per heavy atom. The Morgan fingerprint density at radius 1 is 1.23 bits per heavy atom. The van der Waals surface area contributed by atoms with Gasteiger partial charge in [-0.3, -0.25) is 0 Å². The van der Waals surface area contributed by atoms with Gasteiger partial charge in [-0.1, -0.05) is 0 Å². The van der Waals surface area contributed by atoms with E-state index in [0.717, 1.165) is 42.9 Å². The molecule has 1 aliphatic rings. The number of anilines is 1. The highest BCUT2D eigenvalue weighted by Gasteiger charge is 2.21. The van der Waals surface area contributed by atoms with Crippen molar-refractivity contribution in [3.63, 3.8) is 0 Å². The van der Waals surface area contributed by atoms with E-state index in [2.05, 4.69) is 16.8 Å². The molecule has 1 saturated heterocycles. The van der Waals surface area contributed by atoms with E-state index in [1.807, 2.05) is 26.0 Å². The largest absolute Gasteiger partial charge is 0.494 e. The number of fused-ring (bicyclic) bond motifs is 1. The number of benzene rings is 1. The van der Waals surface area contributed by atoms with Crippen LogP contribution in [0.5, 0.6) is 5.75 Å². The summed E-state index contributed by atoms with van der Waals surface area (Å²) in [4.78, 5) is 16.8. The molecule has 1 fully saturated rings. The summed E-state index contributed by atoms with van der Waals surface area (Å²) in [6, 6.07) is 5.69. The van der Waals surface area contributed by atoms with Gasteiger partial charge in [0, 0.05) is 37.6 Å². The number of hydrogen-bond donors (Lipinski definition) is 0. The Labute approximate surface area is 130 Å². The third-order valence-electron chi connectivity index (χ3n) is 4.24. The summed E-state index contributed by atoms with van der Waals surface area (Å²) in [7, 11) is 2.10. The molecule has 5 heteroatoms. The Balaban J connectivity index is 2.05. The number of nitrogens with zero attached hydrogens (tertiary/aromatic N) is 2. The summed E-state index contributed by atoms with van der Waals surface area (Å²) in [5.74, 6) is 0.727. The normalized spacial score (nSPS) is 16.2. The molecule has 0 N–H and O–H groups in total. The van der Waals surface area contributed by atoms with Crippen molar-refractivity contribution in [2.75, 3.05) is 44.7 Å². The van der Waals surface area contributed by atoms with Crippen LogP contribution in [0.15, 0.2) is 27.4 Å². The fourth-order valence-electron chi connectivity index (χ4n) is 2.98. The molecule has 1 aliphatic heterocycles. The summed E-state index contributed by atoms with van der Waals surface area (Å²) in [5.41, 5.74) is 2.01. The molecule has 0 saturated carbocycles. The van der Waals surface area contributed by atoms with Crippen LogP contribution in [0.4, 0.5) is 5.69 Å². The molecular weight excluding hydrogens is 280 g/mol. The molecule has 5 nitrogen and oxygen atoms in total. The molecule has 0 amide bonds. The first-order valence-electron chi connectivity index (χ1n) is 7.74. The molecule has 22 heavy (non-hydrogen) atoms. The molecule has 0 atom stereocenters. The fraction of sp³-hybridized carbons (Fsp3) is 0.471. The van der Waals surface area contributed by atoms with Crippen LogP contribution in [-0.2, 0) is 0 Å². The van der Waals surface area contributed by atoms with E-state index in [0.29, 0.717) is 17.9 Å². The van der Waals surface area contributed by atoms with Crippen LogP contribution in [-0.4, -0.2) is 44.7 Å². The number of ether oxygens (including phenoxy) is 1. The molecule has 0 bridgehead atoms. The van der Waals surface area contributed by atoms with E-state index >= 15 is 0 Å². The fourth-order valence-corrected chi connectivity index (χ4v) is 2.98. The molecule has 2 aromatic rings. The van der Waals surface area contributed by atoms with Crippen LogP contribution >= 0.6 is 0 Å². The maximum absolute atomic E-state index is 12.4. The van der Waals surface area contributed by atoms with Gasteiger partial charge in [-0.15, -0.1) is 0 Å². The van der Waals surface area contributed by atoms with Crippen molar-refractivity contribution >= 4 is 16.7 Å². The lowest BCUT2D eigenvalue weighted by molar-refractivity contribution is 0.311. The second-order valence-corrected chi connectivity index (χ2v) is 5.74.